The van der Waals surface area contributed by atoms with Gasteiger partial charge in [0, 0.05) is 18.2 Å². The minimum atomic E-state index is -2.48. The van der Waals surface area contributed by atoms with Crippen LogP contribution in [0, 0.1) is 6.92 Å². The third-order valence-electron chi connectivity index (χ3n) is 2.79. The molecular formula is C12H13F2N3. The second-order valence-corrected chi connectivity index (χ2v) is 3.94. The smallest absolute Gasteiger partial charge is 0.263 e. The van der Waals surface area contributed by atoms with Crippen molar-refractivity contribution < 1.29 is 8.78 Å². The van der Waals surface area contributed by atoms with Gasteiger partial charge >= 0.3 is 0 Å². The van der Waals surface area contributed by atoms with Gasteiger partial charge in [0.05, 0.1) is 6.20 Å². The van der Waals surface area contributed by atoms with Crippen molar-refractivity contribution in [2.45, 2.75) is 13.3 Å². The van der Waals surface area contributed by atoms with E-state index < -0.39 is 6.43 Å². The molecule has 3 nitrogen and oxygen atoms in total. The maximum absolute atomic E-state index is 12.6. The van der Waals surface area contributed by atoms with E-state index in [1.54, 1.807) is 19.3 Å². The summed E-state index contributed by atoms with van der Waals surface area (Å²) in [5, 5.41) is 4.01. The van der Waals surface area contributed by atoms with E-state index in [1.807, 2.05) is 6.92 Å². The molecule has 0 aliphatic rings. The third kappa shape index (κ3) is 2.00. The Bertz CT molecular complexity index is 547. The number of hydrogen-bond acceptors (Lipinski definition) is 2. The van der Waals surface area contributed by atoms with E-state index in [-0.39, 0.29) is 5.56 Å². The van der Waals surface area contributed by atoms with Gasteiger partial charge < -0.3 is 5.73 Å². The van der Waals surface area contributed by atoms with Crippen molar-refractivity contribution in [3.8, 4) is 11.1 Å². The molecule has 0 atom stereocenters. The van der Waals surface area contributed by atoms with Crippen LogP contribution in [0.3, 0.4) is 0 Å². The molecule has 0 amide bonds. The molecule has 17 heavy (non-hydrogen) atoms. The summed E-state index contributed by atoms with van der Waals surface area (Å²) in [6.07, 6.45) is -0.889. The topological polar surface area (TPSA) is 43.8 Å². The average molecular weight is 237 g/mol. The Kier molecular flexibility index (Phi) is 2.83. The third-order valence-corrected chi connectivity index (χ3v) is 2.79. The molecule has 0 radical (unpaired) electrons. The Morgan fingerprint density at radius 3 is 2.53 bits per heavy atom. The fraction of sp³-hybridized carbons (Fsp3) is 0.250. The van der Waals surface area contributed by atoms with Crippen molar-refractivity contribution in [3.63, 3.8) is 0 Å². The van der Waals surface area contributed by atoms with Gasteiger partial charge in [-0.3, -0.25) is 4.68 Å². The largest absolute Gasteiger partial charge is 0.383 e. The zero-order chi connectivity index (χ0) is 12.6. The highest BCUT2D eigenvalue weighted by Gasteiger charge is 2.13. The molecule has 2 rings (SSSR count). The lowest BCUT2D eigenvalue weighted by Gasteiger charge is -2.08. The first kappa shape index (κ1) is 11.6. The minimum absolute atomic E-state index is 0.00569. The van der Waals surface area contributed by atoms with E-state index in [0.717, 1.165) is 5.56 Å². The average Bonchev–Trinajstić information content (AvgIpc) is 2.60. The van der Waals surface area contributed by atoms with Gasteiger partial charge in [-0.15, -0.1) is 0 Å². The molecule has 90 valence electrons. The van der Waals surface area contributed by atoms with Gasteiger partial charge in [0.1, 0.15) is 5.82 Å². The quantitative estimate of drug-likeness (QED) is 0.872. The molecule has 5 heteroatoms. The van der Waals surface area contributed by atoms with Gasteiger partial charge in [0.15, 0.2) is 0 Å². The van der Waals surface area contributed by atoms with Crippen LogP contribution in [-0.4, -0.2) is 9.78 Å². The molecule has 2 aromatic rings. The summed E-state index contributed by atoms with van der Waals surface area (Å²) < 4.78 is 26.8. The standard InChI is InChI=1S/C12H13F2N3/c1-7-3-4-8(11(13)14)5-9(7)10-6-16-17(2)12(10)15/h3-6,11H,15H2,1-2H3. The zero-order valence-electron chi connectivity index (χ0n) is 9.61. The molecule has 0 unspecified atom stereocenters. The molecule has 1 heterocycles. The molecule has 0 fully saturated rings. The van der Waals surface area contributed by atoms with Gasteiger partial charge in [0.2, 0.25) is 0 Å². The summed E-state index contributed by atoms with van der Waals surface area (Å²) in [6, 6.07) is 4.56. The summed E-state index contributed by atoms with van der Waals surface area (Å²) in [5.74, 6) is 0.472. The van der Waals surface area contributed by atoms with E-state index >= 15 is 0 Å². The lowest BCUT2D eigenvalue weighted by Crippen LogP contribution is -1.98. The second kappa shape index (κ2) is 4.16. The maximum Gasteiger partial charge on any atom is 0.263 e. The Hall–Kier alpha value is -1.91. The Balaban J connectivity index is 2.58. The summed E-state index contributed by atoms with van der Waals surface area (Å²) in [6.45, 7) is 1.86. The first-order valence-corrected chi connectivity index (χ1v) is 5.17. The van der Waals surface area contributed by atoms with Gasteiger partial charge in [-0.05, 0) is 24.1 Å². The van der Waals surface area contributed by atoms with E-state index in [9.17, 15) is 8.78 Å². The molecule has 0 spiro atoms. The molecule has 2 N–H and O–H groups in total. The van der Waals surface area contributed by atoms with Gasteiger partial charge in [0.25, 0.3) is 6.43 Å². The number of hydrogen-bond donors (Lipinski definition) is 1. The van der Waals surface area contributed by atoms with Crippen LogP contribution in [0.15, 0.2) is 24.4 Å². The predicted molar refractivity (Wildman–Crippen MR) is 62.8 cm³/mol. The number of aromatic nitrogens is 2. The number of nitrogen functional groups attached to an aromatic ring is 1. The molecule has 0 saturated carbocycles. The zero-order valence-corrected chi connectivity index (χ0v) is 9.61. The van der Waals surface area contributed by atoms with E-state index in [4.69, 9.17) is 5.73 Å². The highest BCUT2D eigenvalue weighted by Crippen LogP contribution is 2.31. The van der Waals surface area contributed by atoms with Crippen LogP contribution >= 0.6 is 0 Å². The first-order chi connectivity index (χ1) is 8.00. The number of anilines is 1. The number of rotatable bonds is 2. The van der Waals surface area contributed by atoms with E-state index in [0.29, 0.717) is 16.9 Å². The highest BCUT2D eigenvalue weighted by atomic mass is 19.3. The predicted octanol–water partition coefficient (Wildman–Crippen LogP) is 2.92. The molecule has 1 aromatic carbocycles. The van der Waals surface area contributed by atoms with Crippen LogP contribution in [0.25, 0.3) is 11.1 Å². The van der Waals surface area contributed by atoms with Crippen molar-refractivity contribution in [2.24, 2.45) is 7.05 Å². The van der Waals surface area contributed by atoms with Crippen LogP contribution < -0.4 is 5.73 Å². The highest BCUT2D eigenvalue weighted by molar-refractivity contribution is 5.76. The van der Waals surface area contributed by atoms with Crippen molar-refractivity contribution in [1.29, 1.82) is 0 Å². The Morgan fingerprint density at radius 2 is 2.00 bits per heavy atom. The fourth-order valence-corrected chi connectivity index (χ4v) is 1.72. The van der Waals surface area contributed by atoms with Crippen LogP contribution in [0.5, 0.6) is 0 Å². The van der Waals surface area contributed by atoms with Gasteiger partial charge in [-0.1, -0.05) is 12.1 Å². The summed E-state index contributed by atoms with van der Waals surface area (Å²) in [4.78, 5) is 0. The first-order valence-electron chi connectivity index (χ1n) is 5.17. The minimum Gasteiger partial charge on any atom is -0.383 e. The van der Waals surface area contributed by atoms with E-state index in [1.165, 1.54) is 16.8 Å². The fourth-order valence-electron chi connectivity index (χ4n) is 1.72. The molecule has 0 aliphatic heterocycles. The maximum atomic E-state index is 12.6. The van der Waals surface area contributed by atoms with Crippen LogP contribution in [0.4, 0.5) is 14.6 Å². The van der Waals surface area contributed by atoms with Crippen molar-refractivity contribution >= 4 is 5.82 Å². The molecular weight excluding hydrogens is 224 g/mol. The number of alkyl halides is 2. The lowest BCUT2D eigenvalue weighted by atomic mass is 10.00. The molecule has 0 aliphatic carbocycles. The number of nitrogens with two attached hydrogens (primary N) is 1. The Morgan fingerprint density at radius 1 is 1.29 bits per heavy atom. The van der Waals surface area contributed by atoms with Crippen LogP contribution in [0.2, 0.25) is 0 Å². The number of benzene rings is 1. The van der Waals surface area contributed by atoms with Gasteiger partial charge in [-0.2, -0.15) is 5.10 Å². The summed E-state index contributed by atoms with van der Waals surface area (Å²) in [5.41, 5.74) is 8.12. The molecule has 0 bridgehead atoms. The van der Waals surface area contributed by atoms with Crippen LogP contribution in [-0.2, 0) is 7.05 Å². The Labute approximate surface area is 97.9 Å². The summed E-state index contributed by atoms with van der Waals surface area (Å²) in [7, 11) is 1.71. The number of nitrogens with zero attached hydrogens (tertiary/aromatic N) is 2. The van der Waals surface area contributed by atoms with Crippen molar-refractivity contribution in [1.82, 2.24) is 9.78 Å². The normalized spacial score (nSPS) is 11.1. The van der Waals surface area contributed by atoms with Crippen molar-refractivity contribution in [2.75, 3.05) is 5.73 Å². The van der Waals surface area contributed by atoms with Crippen molar-refractivity contribution in [3.05, 3.63) is 35.5 Å². The van der Waals surface area contributed by atoms with Gasteiger partial charge in [-0.25, -0.2) is 8.78 Å². The molecule has 1 aromatic heterocycles. The van der Waals surface area contributed by atoms with E-state index in [2.05, 4.69) is 5.10 Å². The second-order valence-electron chi connectivity index (χ2n) is 3.94. The number of aryl methyl sites for hydroxylation is 2. The SMILES string of the molecule is Cc1ccc(C(F)F)cc1-c1cnn(C)c1N. The molecule has 0 saturated heterocycles. The number of halogens is 2. The summed E-state index contributed by atoms with van der Waals surface area (Å²) >= 11 is 0. The monoisotopic (exact) mass is 237 g/mol. The lowest BCUT2D eigenvalue weighted by molar-refractivity contribution is 0.151. The van der Waals surface area contributed by atoms with Crippen LogP contribution in [0.1, 0.15) is 17.6 Å².